The molecule has 0 spiro atoms. The second-order valence-electron chi connectivity index (χ2n) is 15.1. The highest BCUT2D eigenvalue weighted by atomic mass is 16.5. The minimum Gasteiger partial charge on any atom is -0.467 e. The van der Waals surface area contributed by atoms with E-state index in [2.05, 4.69) is 41.2 Å². The van der Waals surface area contributed by atoms with Crippen molar-refractivity contribution in [2.45, 2.75) is 82.8 Å². The Morgan fingerprint density at radius 3 is 2.39 bits per heavy atom. The van der Waals surface area contributed by atoms with E-state index in [-0.39, 0.29) is 54.5 Å². The summed E-state index contributed by atoms with van der Waals surface area (Å²) in [6.07, 6.45) is 7.15. The van der Waals surface area contributed by atoms with Crippen LogP contribution in [0.4, 0.5) is 23.1 Å². The Morgan fingerprint density at radius 1 is 0.935 bits per heavy atom. The summed E-state index contributed by atoms with van der Waals surface area (Å²) in [4.78, 5) is 108. The van der Waals surface area contributed by atoms with Gasteiger partial charge in [-0.3, -0.25) is 39.0 Å². The highest BCUT2D eigenvalue weighted by Crippen LogP contribution is 2.32. The maximum Gasteiger partial charge on any atom is 0.328 e. The van der Waals surface area contributed by atoms with Crippen LogP contribution in [0.25, 0.3) is 11.2 Å². The molecule has 2 unspecified atom stereocenters. The van der Waals surface area contributed by atoms with Crippen LogP contribution in [0, 0.1) is 0 Å². The Kier molecular flexibility index (Phi) is 14.5. The van der Waals surface area contributed by atoms with Crippen molar-refractivity contribution in [3.8, 4) is 0 Å². The smallest absolute Gasteiger partial charge is 0.328 e. The third-order valence-corrected chi connectivity index (χ3v) is 10.6. The van der Waals surface area contributed by atoms with Crippen molar-refractivity contribution >= 4 is 75.7 Å². The van der Waals surface area contributed by atoms with Gasteiger partial charge < -0.3 is 37.1 Å². The number of amides is 6. The van der Waals surface area contributed by atoms with E-state index in [1.807, 2.05) is 11.9 Å². The molecular formula is C42H50N12O8. The molecule has 2 aliphatic heterocycles. The van der Waals surface area contributed by atoms with Crippen molar-refractivity contribution in [1.82, 2.24) is 40.8 Å². The number of aromatic nitrogens is 4. The van der Waals surface area contributed by atoms with Gasteiger partial charge in [-0.15, -0.1) is 0 Å². The number of methoxy groups -OCH3 is 1. The molecule has 4 heterocycles. The van der Waals surface area contributed by atoms with E-state index in [1.165, 1.54) is 7.11 Å². The highest BCUT2D eigenvalue weighted by Gasteiger charge is 2.45. The fraction of sp³-hybridized carbons (Fsp3) is 0.405. The van der Waals surface area contributed by atoms with Crippen molar-refractivity contribution in [1.29, 1.82) is 0 Å². The molecule has 2 aromatic carbocycles. The maximum absolute atomic E-state index is 13.3. The van der Waals surface area contributed by atoms with Crippen LogP contribution in [-0.2, 0) is 30.5 Å². The summed E-state index contributed by atoms with van der Waals surface area (Å²) in [7, 11) is 3.07. The van der Waals surface area contributed by atoms with Crippen LogP contribution in [0.15, 0.2) is 48.7 Å². The third kappa shape index (κ3) is 10.7. The topological polar surface area (TPSA) is 287 Å². The van der Waals surface area contributed by atoms with Crippen LogP contribution < -0.4 is 37.6 Å². The standard InChI is InChI=1S/C42H50N12O8/c1-53(23-25-22-47-36-34(48-25)35(43)51-42(44)52-36)26-14-12-24(13-15-26)37(57)49-29(41(61)62-2)16-18-31(55)46-21-8-6-4-3-5-7-20-45-28-11-9-10-27-33(28)40(60)54(39(27)59)30-17-19-32(56)50-38(30)58/h9-15,22,29-30,45H,3-8,16-21,23H2,1-2H3,(H,46,55)(H,49,57)(H,50,56,58)(H4,43,44,47,51,52). The first-order valence-corrected chi connectivity index (χ1v) is 20.4. The van der Waals surface area contributed by atoms with Crippen molar-refractivity contribution in [3.63, 3.8) is 0 Å². The van der Waals surface area contributed by atoms with Gasteiger partial charge >= 0.3 is 5.97 Å². The number of nitrogens with two attached hydrogens (primary N) is 2. The van der Waals surface area contributed by atoms with Crippen molar-refractivity contribution < 1.29 is 38.3 Å². The number of hydrogen-bond acceptors (Lipinski definition) is 16. The van der Waals surface area contributed by atoms with Crippen LogP contribution in [0.5, 0.6) is 0 Å². The lowest BCUT2D eigenvalue weighted by atomic mass is 10.0. The fourth-order valence-electron chi connectivity index (χ4n) is 7.33. The first-order chi connectivity index (χ1) is 29.8. The van der Waals surface area contributed by atoms with Crippen molar-refractivity contribution in [3.05, 3.63) is 71.0 Å². The van der Waals surface area contributed by atoms with Crippen LogP contribution in [0.3, 0.4) is 0 Å². The number of hydrogen-bond donors (Lipinski definition) is 6. The number of piperidine rings is 1. The summed E-state index contributed by atoms with van der Waals surface area (Å²) in [6, 6.07) is 9.72. The number of nitrogen functional groups attached to an aromatic ring is 2. The average Bonchev–Trinajstić information content (AvgIpc) is 3.51. The molecule has 62 heavy (non-hydrogen) atoms. The number of unbranched alkanes of at least 4 members (excludes halogenated alkanes) is 5. The monoisotopic (exact) mass is 850 g/mol. The molecule has 0 bridgehead atoms. The quantitative estimate of drug-likeness (QED) is 0.0422. The fourth-order valence-corrected chi connectivity index (χ4v) is 7.33. The van der Waals surface area contributed by atoms with Gasteiger partial charge in [0.25, 0.3) is 17.7 Å². The molecule has 1 saturated heterocycles. The van der Waals surface area contributed by atoms with Gasteiger partial charge in [-0.05, 0) is 62.1 Å². The molecular weight excluding hydrogens is 801 g/mol. The zero-order valence-electron chi connectivity index (χ0n) is 34.6. The number of esters is 1. The van der Waals surface area contributed by atoms with Gasteiger partial charge in [-0.1, -0.05) is 31.7 Å². The molecule has 0 saturated carbocycles. The number of benzene rings is 2. The minimum absolute atomic E-state index is 0.0127. The minimum atomic E-state index is -1.02. The lowest BCUT2D eigenvalue weighted by molar-refractivity contribution is -0.143. The summed E-state index contributed by atoms with van der Waals surface area (Å²) in [5, 5.41) is 11.0. The number of anilines is 4. The first kappa shape index (κ1) is 44.3. The van der Waals surface area contributed by atoms with Crippen LogP contribution in [-0.4, -0.2) is 106 Å². The van der Waals surface area contributed by atoms with Gasteiger partial charge in [0.2, 0.25) is 23.7 Å². The number of carbonyl (C=O) groups is 7. The maximum atomic E-state index is 13.3. The number of nitrogens with one attached hydrogen (secondary N) is 4. The van der Waals surface area contributed by atoms with Gasteiger partial charge in [0, 0.05) is 49.9 Å². The Hall–Kier alpha value is -7.25. The summed E-state index contributed by atoms with van der Waals surface area (Å²) < 4.78 is 4.89. The zero-order chi connectivity index (χ0) is 44.3. The lowest BCUT2D eigenvalue weighted by Gasteiger charge is -2.27. The molecule has 20 heteroatoms. The molecule has 8 N–H and O–H groups in total. The molecule has 2 aliphatic rings. The van der Waals surface area contributed by atoms with Gasteiger partial charge in [-0.2, -0.15) is 9.97 Å². The molecule has 6 rings (SSSR count). The Labute approximate surface area is 356 Å². The van der Waals surface area contributed by atoms with Crippen LogP contribution in [0.2, 0.25) is 0 Å². The molecule has 2 aromatic heterocycles. The van der Waals surface area contributed by atoms with E-state index in [9.17, 15) is 33.6 Å². The van der Waals surface area contributed by atoms with Crippen LogP contribution in [0.1, 0.15) is 101 Å². The molecule has 20 nitrogen and oxygen atoms in total. The molecule has 6 amide bonds. The number of nitrogens with zero attached hydrogens (tertiary/aromatic N) is 6. The largest absolute Gasteiger partial charge is 0.467 e. The molecule has 1 fully saturated rings. The summed E-state index contributed by atoms with van der Waals surface area (Å²) in [6.45, 7) is 1.43. The van der Waals surface area contributed by atoms with Crippen molar-refractivity contribution in [2.24, 2.45) is 0 Å². The van der Waals surface area contributed by atoms with E-state index in [0.29, 0.717) is 47.7 Å². The van der Waals surface area contributed by atoms with E-state index in [4.69, 9.17) is 16.2 Å². The van der Waals surface area contributed by atoms with Crippen molar-refractivity contribution in [2.75, 3.05) is 48.9 Å². The highest BCUT2D eigenvalue weighted by molar-refractivity contribution is 6.25. The summed E-state index contributed by atoms with van der Waals surface area (Å²) in [5.74, 6) is -3.40. The zero-order valence-corrected chi connectivity index (χ0v) is 34.6. The molecule has 2 atom stereocenters. The van der Waals surface area contributed by atoms with Gasteiger partial charge in [-0.25, -0.2) is 14.8 Å². The number of carbonyl (C=O) groups excluding carboxylic acids is 7. The van der Waals surface area contributed by atoms with E-state index in [0.717, 1.165) is 49.1 Å². The predicted octanol–water partition coefficient (Wildman–Crippen LogP) is 2.24. The Morgan fingerprint density at radius 2 is 1.66 bits per heavy atom. The molecule has 4 aromatic rings. The SMILES string of the molecule is COC(=O)C(CCC(=O)NCCCCCCCCNc1cccc2c1C(=O)N(C1CCC(=O)NC1=O)C2=O)NC(=O)c1ccc(N(C)Cc2cnc3nc(N)nc(N)c3n2)cc1. The predicted molar refractivity (Wildman–Crippen MR) is 227 cm³/mol. The first-order valence-electron chi connectivity index (χ1n) is 20.4. The molecule has 0 radical (unpaired) electrons. The van der Waals surface area contributed by atoms with E-state index < -0.39 is 47.6 Å². The van der Waals surface area contributed by atoms with Gasteiger partial charge in [0.15, 0.2) is 17.0 Å². The van der Waals surface area contributed by atoms with Crippen LogP contribution >= 0.6 is 0 Å². The number of fused-ring (bicyclic) bond motifs is 2. The Balaban J connectivity index is 0.852. The number of ether oxygens (including phenoxy) is 1. The molecule has 0 aliphatic carbocycles. The normalized spacial score (nSPS) is 15.2. The number of imide groups is 2. The number of rotatable bonds is 20. The Bertz CT molecular complexity index is 2360. The van der Waals surface area contributed by atoms with E-state index in [1.54, 1.807) is 48.7 Å². The average molecular weight is 851 g/mol. The van der Waals surface area contributed by atoms with Gasteiger partial charge in [0.1, 0.15) is 12.1 Å². The van der Waals surface area contributed by atoms with E-state index >= 15 is 0 Å². The summed E-state index contributed by atoms with van der Waals surface area (Å²) in [5.41, 5.74) is 15.0. The lowest BCUT2D eigenvalue weighted by Crippen LogP contribution is -2.54. The molecule has 326 valence electrons. The second-order valence-corrected chi connectivity index (χ2v) is 15.1. The third-order valence-electron chi connectivity index (χ3n) is 10.6. The summed E-state index contributed by atoms with van der Waals surface area (Å²) >= 11 is 0. The second kappa shape index (κ2) is 20.3. The van der Waals surface area contributed by atoms with Gasteiger partial charge in [0.05, 0.1) is 36.7 Å².